The van der Waals surface area contributed by atoms with Crippen molar-refractivity contribution < 1.29 is 14.4 Å². The molecule has 3 amide bonds. The maximum Gasteiger partial charge on any atom is 0.261 e. The second-order valence-electron chi connectivity index (χ2n) is 7.49. The van der Waals surface area contributed by atoms with Crippen LogP contribution in [0.1, 0.15) is 42.8 Å². The van der Waals surface area contributed by atoms with Crippen LogP contribution in [-0.2, 0) is 11.3 Å². The molecule has 7 nitrogen and oxygen atoms in total. The van der Waals surface area contributed by atoms with Crippen molar-refractivity contribution in [2.45, 2.75) is 12.5 Å². The Morgan fingerprint density at radius 2 is 1.30 bits per heavy atom. The minimum Gasteiger partial charge on any atom is -0.300 e. The molecule has 0 spiro atoms. The van der Waals surface area contributed by atoms with Crippen LogP contribution in [0, 0.1) is 0 Å². The summed E-state index contributed by atoms with van der Waals surface area (Å²) in [5.74, 6) is -1.47. The lowest BCUT2D eigenvalue weighted by Crippen LogP contribution is -2.29. The SMILES string of the molecule is O=C(Nc1nnc(CN2C(=O)c3ccccc3C2=O)s1)C(c1ccccc1)c1ccccc1. The normalized spacial score (nSPS) is 12.8. The van der Waals surface area contributed by atoms with Gasteiger partial charge in [-0.25, -0.2) is 0 Å². The number of hydrogen-bond acceptors (Lipinski definition) is 6. The number of nitrogens with zero attached hydrogens (tertiary/aromatic N) is 3. The third-order valence-corrected chi connectivity index (χ3v) is 6.22. The maximum absolute atomic E-state index is 13.2. The van der Waals surface area contributed by atoms with Gasteiger partial charge in [0.15, 0.2) is 0 Å². The van der Waals surface area contributed by atoms with E-state index in [9.17, 15) is 14.4 Å². The predicted octanol–water partition coefficient (Wildman–Crippen LogP) is 4.10. The molecule has 1 N–H and O–H groups in total. The Bertz CT molecular complexity index is 1260. The van der Waals surface area contributed by atoms with Crippen molar-refractivity contribution in [1.82, 2.24) is 15.1 Å². The largest absolute Gasteiger partial charge is 0.300 e. The summed E-state index contributed by atoms with van der Waals surface area (Å²) in [7, 11) is 0. The zero-order valence-electron chi connectivity index (χ0n) is 17.3. The summed E-state index contributed by atoms with van der Waals surface area (Å²) in [4.78, 5) is 39.6. The van der Waals surface area contributed by atoms with E-state index in [0.29, 0.717) is 21.3 Å². The lowest BCUT2D eigenvalue weighted by Gasteiger charge is -2.16. The zero-order chi connectivity index (χ0) is 22.8. The number of nitrogens with one attached hydrogen (secondary N) is 1. The second-order valence-corrected chi connectivity index (χ2v) is 8.55. The summed E-state index contributed by atoms with van der Waals surface area (Å²) < 4.78 is 0. The fourth-order valence-corrected chi connectivity index (χ4v) is 4.58. The summed E-state index contributed by atoms with van der Waals surface area (Å²) in [6.07, 6.45) is 0. The fourth-order valence-electron chi connectivity index (χ4n) is 3.85. The van der Waals surface area contributed by atoms with Gasteiger partial charge in [-0.05, 0) is 23.3 Å². The molecule has 0 aliphatic carbocycles. The molecule has 1 aromatic heterocycles. The van der Waals surface area contributed by atoms with Crippen molar-refractivity contribution >= 4 is 34.2 Å². The average molecular weight is 455 g/mol. The lowest BCUT2D eigenvalue weighted by atomic mass is 9.90. The summed E-state index contributed by atoms with van der Waals surface area (Å²) in [5.41, 5.74) is 2.48. The Morgan fingerprint density at radius 3 is 1.85 bits per heavy atom. The molecule has 2 heterocycles. The van der Waals surface area contributed by atoms with Gasteiger partial charge in [0.05, 0.1) is 23.6 Å². The van der Waals surface area contributed by atoms with Crippen LogP contribution < -0.4 is 5.32 Å². The minimum atomic E-state index is -0.518. The standard InChI is InChI=1S/C25H18N4O3S/c30-22(21(16-9-3-1-4-10-16)17-11-5-2-6-12-17)26-25-28-27-20(33-25)15-29-23(31)18-13-7-8-14-19(18)24(29)32/h1-14,21H,15H2,(H,26,28,30). The molecule has 0 fully saturated rings. The van der Waals surface area contributed by atoms with E-state index in [1.807, 2.05) is 60.7 Å². The molecule has 4 aromatic rings. The highest BCUT2D eigenvalue weighted by Crippen LogP contribution is 2.29. The van der Waals surface area contributed by atoms with E-state index in [4.69, 9.17) is 0 Å². The number of anilines is 1. The topological polar surface area (TPSA) is 92.3 Å². The first kappa shape index (κ1) is 20.7. The summed E-state index contributed by atoms with van der Waals surface area (Å²) in [6, 6.07) is 25.7. The van der Waals surface area contributed by atoms with Crippen molar-refractivity contribution in [3.63, 3.8) is 0 Å². The van der Waals surface area contributed by atoms with Gasteiger partial charge in [-0.3, -0.25) is 24.6 Å². The van der Waals surface area contributed by atoms with E-state index in [-0.39, 0.29) is 24.3 Å². The molecule has 0 atom stereocenters. The van der Waals surface area contributed by atoms with E-state index in [2.05, 4.69) is 15.5 Å². The Hall–Kier alpha value is -4.17. The van der Waals surface area contributed by atoms with Crippen LogP contribution in [0.25, 0.3) is 0 Å². The Labute approximate surface area is 193 Å². The molecule has 5 rings (SSSR count). The van der Waals surface area contributed by atoms with Crippen molar-refractivity contribution in [3.05, 3.63) is 112 Å². The van der Waals surface area contributed by atoms with Crippen molar-refractivity contribution in [2.24, 2.45) is 0 Å². The number of carbonyl (C=O) groups excluding carboxylic acids is 3. The van der Waals surface area contributed by atoms with E-state index in [0.717, 1.165) is 27.4 Å². The highest BCUT2D eigenvalue weighted by Gasteiger charge is 2.35. The molecule has 1 aliphatic rings. The van der Waals surface area contributed by atoms with E-state index >= 15 is 0 Å². The molecular formula is C25H18N4O3S. The summed E-state index contributed by atoms with van der Waals surface area (Å²) in [5, 5.41) is 11.7. The zero-order valence-corrected chi connectivity index (χ0v) is 18.2. The van der Waals surface area contributed by atoms with Gasteiger partial charge in [0.2, 0.25) is 11.0 Å². The van der Waals surface area contributed by atoms with Crippen LogP contribution >= 0.6 is 11.3 Å². The summed E-state index contributed by atoms with van der Waals surface area (Å²) >= 11 is 1.14. The summed E-state index contributed by atoms with van der Waals surface area (Å²) in [6.45, 7) is 0.000677. The first-order valence-corrected chi connectivity index (χ1v) is 11.1. The predicted molar refractivity (Wildman–Crippen MR) is 124 cm³/mol. The van der Waals surface area contributed by atoms with Crippen LogP contribution in [0.3, 0.4) is 0 Å². The van der Waals surface area contributed by atoms with Crippen molar-refractivity contribution in [3.8, 4) is 0 Å². The van der Waals surface area contributed by atoms with E-state index in [1.54, 1.807) is 24.3 Å². The fraction of sp³-hybridized carbons (Fsp3) is 0.0800. The Morgan fingerprint density at radius 1 is 0.788 bits per heavy atom. The van der Waals surface area contributed by atoms with E-state index < -0.39 is 5.92 Å². The quantitative estimate of drug-likeness (QED) is 0.443. The van der Waals surface area contributed by atoms with Crippen LogP contribution in [0.15, 0.2) is 84.9 Å². The molecule has 0 saturated heterocycles. The molecule has 162 valence electrons. The minimum absolute atomic E-state index is 0.000677. The Kier molecular flexibility index (Phi) is 5.50. The number of aromatic nitrogens is 2. The molecule has 8 heteroatoms. The van der Waals surface area contributed by atoms with Gasteiger partial charge in [0, 0.05) is 0 Å². The molecule has 0 saturated carbocycles. The molecule has 0 bridgehead atoms. The van der Waals surface area contributed by atoms with E-state index in [1.165, 1.54) is 0 Å². The van der Waals surface area contributed by atoms with Crippen LogP contribution in [0.4, 0.5) is 5.13 Å². The molecule has 3 aromatic carbocycles. The van der Waals surface area contributed by atoms with Gasteiger partial charge >= 0.3 is 0 Å². The number of amides is 3. The van der Waals surface area contributed by atoms with Gasteiger partial charge in [-0.2, -0.15) is 0 Å². The van der Waals surface area contributed by atoms with Gasteiger partial charge in [0.1, 0.15) is 5.01 Å². The number of benzene rings is 3. The third kappa shape index (κ3) is 4.04. The van der Waals surface area contributed by atoms with Crippen LogP contribution in [0.5, 0.6) is 0 Å². The number of hydrogen-bond donors (Lipinski definition) is 1. The average Bonchev–Trinajstić information content (AvgIpc) is 3.39. The smallest absolute Gasteiger partial charge is 0.261 e. The highest BCUT2D eigenvalue weighted by atomic mass is 32.1. The number of fused-ring (bicyclic) bond motifs is 1. The van der Waals surface area contributed by atoms with Gasteiger partial charge in [-0.15, -0.1) is 10.2 Å². The van der Waals surface area contributed by atoms with Crippen LogP contribution in [0.2, 0.25) is 0 Å². The molecule has 1 aliphatic heterocycles. The molecule has 0 unspecified atom stereocenters. The first-order chi connectivity index (χ1) is 16.1. The van der Waals surface area contributed by atoms with Gasteiger partial charge in [0.25, 0.3) is 11.8 Å². The maximum atomic E-state index is 13.2. The highest BCUT2D eigenvalue weighted by molar-refractivity contribution is 7.15. The van der Waals surface area contributed by atoms with Gasteiger partial charge < -0.3 is 0 Å². The van der Waals surface area contributed by atoms with Crippen LogP contribution in [-0.4, -0.2) is 32.8 Å². The Balaban J connectivity index is 1.34. The van der Waals surface area contributed by atoms with Crippen molar-refractivity contribution in [1.29, 1.82) is 0 Å². The molecule has 0 radical (unpaired) electrons. The molecule has 33 heavy (non-hydrogen) atoms. The number of carbonyl (C=O) groups is 3. The number of rotatable bonds is 6. The lowest BCUT2D eigenvalue weighted by molar-refractivity contribution is -0.116. The third-order valence-electron chi connectivity index (χ3n) is 5.40. The molecular weight excluding hydrogens is 436 g/mol. The van der Waals surface area contributed by atoms with Crippen molar-refractivity contribution in [2.75, 3.05) is 5.32 Å². The first-order valence-electron chi connectivity index (χ1n) is 10.3. The number of imide groups is 1. The monoisotopic (exact) mass is 454 g/mol. The van der Waals surface area contributed by atoms with Gasteiger partial charge in [-0.1, -0.05) is 84.1 Å². The second kappa shape index (κ2) is 8.76.